The average Bonchev–Trinajstić information content (AvgIpc) is 2.62. The SMILES string of the molecule is O=C(O)COC(=O)C12CC3CC4CC(C1)C4(C3)C2. The summed E-state index contributed by atoms with van der Waals surface area (Å²) in [6.45, 7) is -0.480. The number of hydrogen-bond acceptors (Lipinski definition) is 3. The summed E-state index contributed by atoms with van der Waals surface area (Å²) in [4.78, 5) is 22.8. The Bertz CT molecular complexity index is 441. The van der Waals surface area contributed by atoms with Gasteiger partial charge in [0, 0.05) is 0 Å². The van der Waals surface area contributed by atoms with E-state index in [1.54, 1.807) is 0 Å². The Morgan fingerprint density at radius 1 is 1.17 bits per heavy atom. The molecule has 4 aliphatic carbocycles. The summed E-state index contributed by atoms with van der Waals surface area (Å²) in [6, 6.07) is 0. The fourth-order valence-corrected chi connectivity index (χ4v) is 5.88. The fraction of sp³-hybridized carbons (Fsp3) is 0.857. The normalized spacial score (nSPS) is 50.8. The van der Waals surface area contributed by atoms with Crippen LogP contribution in [-0.2, 0) is 14.3 Å². The molecular formula is C14H18O4. The number of carboxylic acid groups (broad SMARTS) is 1. The molecule has 4 saturated carbocycles. The van der Waals surface area contributed by atoms with E-state index in [4.69, 9.17) is 9.84 Å². The Hall–Kier alpha value is -1.06. The Labute approximate surface area is 106 Å². The highest BCUT2D eigenvalue weighted by Gasteiger charge is 2.72. The van der Waals surface area contributed by atoms with Crippen molar-refractivity contribution in [2.75, 3.05) is 6.61 Å². The Balaban J connectivity index is 1.58. The van der Waals surface area contributed by atoms with Crippen molar-refractivity contribution < 1.29 is 19.4 Å². The summed E-state index contributed by atoms with van der Waals surface area (Å²) in [7, 11) is 0. The summed E-state index contributed by atoms with van der Waals surface area (Å²) in [5, 5.41) is 8.63. The van der Waals surface area contributed by atoms with Crippen LogP contribution in [0, 0.1) is 28.6 Å². The first-order chi connectivity index (χ1) is 8.54. The van der Waals surface area contributed by atoms with Gasteiger partial charge in [0.2, 0.25) is 0 Å². The van der Waals surface area contributed by atoms with Gasteiger partial charge in [-0.05, 0) is 61.7 Å². The third-order valence-corrected chi connectivity index (χ3v) is 6.23. The first kappa shape index (κ1) is 10.8. The van der Waals surface area contributed by atoms with Crippen LogP contribution in [0.1, 0.15) is 38.5 Å². The van der Waals surface area contributed by atoms with Crippen LogP contribution in [0.2, 0.25) is 0 Å². The van der Waals surface area contributed by atoms with Crippen molar-refractivity contribution in [3.63, 3.8) is 0 Å². The van der Waals surface area contributed by atoms with E-state index in [0.717, 1.165) is 25.2 Å². The summed E-state index contributed by atoms with van der Waals surface area (Å²) in [6.07, 6.45) is 6.79. The number of aliphatic carboxylic acids is 1. The first-order valence-electron chi connectivity index (χ1n) is 6.93. The zero-order valence-corrected chi connectivity index (χ0v) is 10.4. The number of carbonyl (C=O) groups is 2. The molecule has 5 atom stereocenters. The van der Waals surface area contributed by atoms with Gasteiger partial charge in [0.1, 0.15) is 0 Å². The van der Waals surface area contributed by atoms with Crippen molar-refractivity contribution in [1.82, 2.24) is 0 Å². The highest BCUT2D eigenvalue weighted by molar-refractivity contribution is 5.81. The largest absolute Gasteiger partial charge is 0.479 e. The van der Waals surface area contributed by atoms with Crippen LogP contribution in [0.25, 0.3) is 0 Å². The van der Waals surface area contributed by atoms with Crippen molar-refractivity contribution in [3.05, 3.63) is 0 Å². The first-order valence-corrected chi connectivity index (χ1v) is 6.93. The number of fused-ring (bicyclic) bond motifs is 2. The third kappa shape index (κ3) is 1.12. The Kier molecular flexibility index (Phi) is 1.86. The highest BCUT2D eigenvalue weighted by Crippen LogP contribution is 2.78. The molecule has 0 aliphatic heterocycles. The van der Waals surface area contributed by atoms with Crippen molar-refractivity contribution in [1.29, 1.82) is 0 Å². The molecule has 98 valence electrons. The monoisotopic (exact) mass is 250 g/mol. The molecule has 4 nitrogen and oxygen atoms in total. The van der Waals surface area contributed by atoms with Gasteiger partial charge in [-0.1, -0.05) is 0 Å². The van der Waals surface area contributed by atoms with E-state index in [1.807, 2.05) is 0 Å². The number of ether oxygens (including phenoxy) is 1. The standard InChI is InChI=1S/C14H18O4/c15-11(16)6-18-12(17)13-3-8-1-9-2-10(5-13)14(9,4-8)7-13/h8-10H,1-7H2,(H,15,16). The van der Waals surface area contributed by atoms with Crippen molar-refractivity contribution in [2.45, 2.75) is 38.5 Å². The molecule has 0 aromatic heterocycles. The second-order valence-electron chi connectivity index (χ2n) is 7.00. The van der Waals surface area contributed by atoms with Gasteiger partial charge in [0.05, 0.1) is 5.41 Å². The Morgan fingerprint density at radius 3 is 2.78 bits per heavy atom. The maximum absolute atomic E-state index is 12.3. The van der Waals surface area contributed by atoms with Crippen LogP contribution in [-0.4, -0.2) is 23.7 Å². The smallest absolute Gasteiger partial charge is 0.341 e. The number of hydrogen-bond donors (Lipinski definition) is 1. The molecule has 0 saturated heterocycles. The van der Waals surface area contributed by atoms with Gasteiger partial charge in [0.25, 0.3) is 0 Å². The van der Waals surface area contributed by atoms with Crippen molar-refractivity contribution in [3.8, 4) is 0 Å². The second-order valence-corrected chi connectivity index (χ2v) is 7.00. The van der Waals surface area contributed by atoms with Gasteiger partial charge in [-0.2, -0.15) is 0 Å². The van der Waals surface area contributed by atoms with Gasteiger partial charge in [-0.25, -0.2) is 4.79 Å². The van der Waals surface area contributed by atoms with Crippen molar-refractivity contribution >= 4 is 11.9 Å². The summed E-state index contributed by atoms with van der Waals surface area (Å²) in [5.74, 6) is 0.963. The lowest BCUT2D eigenvalue weighted by molar-refractivity contribution is -0.165. The molecule has 0 amide bonds. The number of carbonyl (C=O) groups excluding carboxylic acids is 1. The van der Waals surface area contributed by atoms with Crippen LogP contribution < -0.4 is 0 Å². The summed E-state index contributed by atoms with van der Waals surface area (Å²) < 4.78 is 5.01. The molecule has 4 fully saturated rings. The fourth-order valence-electron chi connectivity index (χ4n) is 5.88. The van der Waals surface area contributed by atoms with Gasteiger partial charge in [0.15, 0.2) is 6.61 Å². The molecule has 5 unspecified atom stereocenters. The van der Waals surface area contributed by atoms with E-state index < -0.39 is 12.6 Å². The van der Waals surface area contributed by atoms with E-state index in [9.17, 15) is 9.59 Å². The maximum Gasteiger partial charge on any atom is 0.341 e. The number of esters is 1. The predicted molar refractivity (Wildman–Crippen MR) is 61.6 cm³/mol. The molecule has 4 rings (SSSR count). The zero-order chi connectivity index (χ0) is 12.5. The molecule has 1 N–H and O–H groups in total. The maximum atomic E-state index is 12.3. The van der Waals surface area contributed by atoms with Gasteiger partial charge < -0.3 is 9.84 Å². The molecule has 4 aliphatic rings. The molecule has 0 aromatic rings. The van der Waals surface area contributed by atoms with Crippen LogP contribution in [0.4, 0.5) is 0 Å². The highest BCUT2D eigenvalue weighted by atomic mass is 16.6. The molecule has 0 aromatic carbocycles. The second kappa shape index (κ2) is 3.09. The van der Waals surface area contributed by atoms with Crippen LogP contribution in [0.3, 0.4) is 0 Å². The topological polar surface area (TPSA) is 63.6 Å². The average molecular weight is 250 g/mol. The minimum Gasteiger partial charge on any atom is -0.479 e. The minimum absolute atomic E-state index is 0.232. The van der Waals surface area contributed by atoms with E-state index in [1.165, 1.54) is 19.3 Å². The van der Waals surface area contributed by atoms with E-state index in [-0.39, 0.29) is 11.4 Å². The molecule has 1 spiro atoms. The molecule has 18 heavy (non-hydrogen) atoms. The number of rotatable bonds is 3. The molecular weight excluding hydrogens is 232 g/mol. The van der Waals surface area contributed by atoms with E-state index in [0.29, 0.717) is 17.3 Å². The molecule has 0 radical (unpaired) electrons. The summed E-state index contributed by atoms with van der Waals surface area (Å²) >= 11 is 0. The van der Waals surface area contributed by atoms with E-state index in [2.05, 4.69) is 0 Å². The van der Waals surface area contributed by atoms with Crippen LogP contribution >= 0.6 is 0 Å². The number of carboxylic acids is 1. The van der Waals surface area contributed by atoms with Gasteiger partial charge in [-0.15, -0.1) is 0 Å². The van der Waals surface area contributed by atoms with Crippen molar-refractivity contribution in [2.24, 2.45) is 28.6 Å². The van der Waals surface area contributed by atoms with E-state index >= 15 is 0 Å². The van der Waals surface area contributed by atoms with Gasteiger partial charge >= 0.3 is 11.9 Å². The minimum atomic E-state index is -1.06. The summed E-state index contributed by atoms with van der Waals surface area (Å²) in [5.41, 5.74) is 0.124. The Morgan fingerprint density at radius 2 is 2.00 bits per heavy atom. The molecule has 3 bridgehead atoms. The zero-order valence-electron chi connectivity index (χ0n) is 10.4. The lowest BCUT2D eigenvalue weighted by atomic mass is 9.55. The quantitative estimate of drug-likeness (QED) is 0.776. The van der Waals surface area contributed by atoms with Crippen LogP contribution in [0.15, 0.2) is 0 Å². The lowest BCUT2D eigenvalue weighted by Gasteiger charge is -2.49. The predicted octanol–water partition coefficient (Wildman–Crippen LogP) is 1.83. The molecule has 4 heteroatoms. The third-order valence-electron chi connectivity index (χ3n) is 6.23. The van der Waals surface area contributed by atoms with Crippen LogP contribution in [0.5, 0.6) is 0 Å². The lowest BCUT2D eigenvalue weighted by Crippen LogP contribution is -2.42. The molecule has 0 heterocycles. The van der Waals surface area contributed by atoms with Gasteiger partial charge in [-0.3, -0.25) is 4.79 Å².